The molecule has 348 valence electrons. The Balaban J connectivity index is 0.000000601. The van der Waals surface area contributed by atoms with Crippen LogP contribution in [0.2, 0.25) is 0 Å². The Morgan fingerprint density at radius 1 is 0.371 bits per heavy atom. The molecule has 0 saturated carbocycles. The summed E-state index contributed by atoms with van der Waals surface area (Å²) in [4.78, 5) is 0. The molecule has 4 rings (SSSR count). The van der Waals surface area contributed by atoms with Gasteiger partial charge in [0, 0.05) is 24.0 Å². The van der Waals surface area contributed by atoms with Crippen LogP contribution in [0.1, 0.15) is 127 Å². The van der Waals surface area contributed by atoms with Crippen LogP contribution in [-0.4, -0.2) is 89.9 Å². The minimum absolute atomic E-state index is 0. The fourth-order valence-corrected chi connectivity index (χ4v) is 8.01. The number of unbranched alkanes of at least 4 members (excludes halogenated alkanes) is 10. The van der Waals surface area contributed by atoms with Gasteiger partial charge in [0.1, 0.15) is 49.9 Å². The molecule has 0 fully saturated rings. The van der Waals surface area contributed by atoms with Crippen LogP contribution < -0.4 is 34.3 Å². The molecule has 0 aliphatic rings. The molecular weight excluding hydrogens is 812 g/mol. The van der Waals surface area contributed by atoms with E-state index >= 15 is 0 Å². The van der Waals surface area contributed by atoms with Gasteiger partial charge in [-0.15, -0.1) is 0 Å². The predicted octanol–water partition coefficient (Wildman–Crippen LogP) is 7.31. The maximum Gasteiger partial charge on any atom is 0.119 e. The average molecular weight is 896 g/mol. The van der Waals surface area contributed by atoms with Crippen molar-refractivity contribution in [2.75, 3.05) is 80.9 Å². The number of hydrogen-bond acceptors (Lipinski definition) is 4. The summed E-state index contributed by atoms with van der Waals surface area (Å²) in [5.41, 5.74) is 2.90. The minimum atomic E-state index is 0. The largest absolute Gasteiger partial charge is 1.00 e. The van der Waals surface area contributed by atoms with Crippen molar-refractivity contribution in [1.82, 2.24) is 0 Å². The molecule has 0 aliphatic carbocycles. The van der Waals surface area contributed by atoms with Crippen molar-refractivity contribution in [2.24, 2.45) is 0 Å². The number of hydrogen-bond donors (Lipinski definition) is 0. The Bertz CT molecular complexity index is 1450. The van der Waals surface area contributed by atoms with Gasteiger partial charge in [0.15, 0.2) is 0 Å². The molecule has 0 radical (unpaired) electrons. The number of likely N-dealkylation sites (N-methyl/N-ethyl adjacent to an activating group) is 2. The minimum Gasteiger partial charge on any atom is -1.00 e. The lowest BCUT2D eigenvalue weighted by molar-refractivity contribution is -0.922. The van der Waals surface area contributed by atoms with E-state index in [4.69, 9.17) is 18.9 Å². The van der Waals surface area contributed by atoms with Crippen molar-refractivity contribution in [1.29, 1.82) is 0 Å². The molecule has 2 unspecified atom stereocenters. The predicted molar refractivity (Wildman–Crippen MR) is 254 cm³/mol. The maximum absolute atomic E-state index is 5.91. The molecule has 0 N–H and O–H groups in total. The first kappa shape index (κ1) is 56.9. The normalized spacial score (nSPS) is 12.2. The van der Waals surface area contributed by atoms with Gasteiger partial charge in [0.25, 0.3) is 0 Å². The van der Waals surface area contributed by atoms with Gasteiger partial charge in [-0.2, -0.15) is 0 Å². The molecule has 0 saturated heterocycles. The zero-order valence-electron chi connectivity index (χ0n) is 39.5. The Hall–Kier alpha value is -3.10. The van der Waals surface area contributed by atoms with Gasteiger partial charge < -0.3 is 52.7 Å². The molecule has 4 aromatic carbocycles. The standard InChI is InChI=1S/2C27H42NO2.2ClH/c2*1-4-5-6-7-8-15-20-27(25-16-11-9-12-17-25)28(2,3)21-22-29-23-24-30-26-18-13-10-14-19-26;;/h2*9-14,16-19,27H,4-8,15,20-24H2,1-3H3;2*1H/q2*+1;;/p-2. The smallest absolute Gasteiger partial charge is 0.119 e. The summed E-state index contributed by atoms with van der Waals surface area (Å²) in [6, 6.07) is 42.9. The van der Waals surface area contributed by atoms with E-state index in [0.717, 1.165) is 46.8 Å². The van der Waals surface area contributed by atoms with Gasteiger partial charge in [-0.25, -0.2) is 0 Å². The van der Waals surface area contributed by atoms with Crippen molar-refractivity contribution in [3.63, 3.8) is 0 Å². The SMILES string of the molecule is CCCCCCCCC(c1ccccc1)[N+](C)(C)CCOCCOc1ccccc1.CCCCCCCCC(c1ccccc1)[N+](C)(C)CCOCCOc1ccccc1.[Cl-].[Cl-]. The van der Waals surface area contributed by atoms with Crippen LogP contribution >= 0.6 is 0 Å². The quantitative estimate of drug-likeness (QED) is 0.0381. The highest BCUT2D eigenvalue weighted by Gasteiger charge is 2.30. The summed E-state index contributed by atoms with van der Waals surface area (Å²) in [5.74, 6) is 1.81. The number of nitrogens with zero attached hydrogens (tertiary/aromatic N) is 2. The maximum atomic E-state index is 5.91. The van der Waals surface area contributed by atoms with E-state index < -0.39 is 0 Å². The third-order valence-corrected chi connectivity index (χ3v) is 11.8. The topological polar surface area (TPSA) is 36.9 Å². The molecular formula is C54H84Cl2N2O4. The van der Waals surface area contributed by atoms with E-state index in [1.165, 1.54) is 101 Å². The molecule has 0 amide bonds. The number of halogens is 2. The Morgan fingerprint density at radius 2 is 0.677 bits per heavy atom. The highest BCUT2D eigenvalue weighted by Crippen LogP contribution is 2.32. The Kier molecular flexibility index (Phi) is 32.4. The third kappa shape index (κ3) is 24.7. The first-order valence-electron chi connectivity index (χ1n) is 23.5. The van der Waals surface area contributed by atoms with E-state index in [0.29, 0.717) is 38.5 Å². The second-order valence-electron chi connectivity index (χ2n) is 17.5. The van der Waals surface area contributed by atoms with Crippen LogP contribution in [0.4, 0.5) is 0 Å². The van der Waals surface area contributed by atoms with Crippen molar-refractivity contribution >= 4 is 0 Å². The number of benzene rings is 4. The Labute approximate surface area is 391 Å². The van der Waals surface area contributed by atoms with Crippen LogP contribution in [0.15, 0.2) is 121 Å². The summed E-state index contributed by atoms with van der Waals surface area (Å²) in [7, 11) is 9.38. The monoisotopic (exact) mass is 895 g/mol. The third-order valence-electron chi connectivity index (χ3n) is 11.8. The lowest BCUT2D eigenvalue weighted by Crippen LogP contribution is -3.00. The first-order valence-corrected chi connectivity index (χ1v) is 23.5. The summed E-state index contributed by atoms with van der Waals surface area (Å²) < 4.78 is 25.2. The summed E-state index contributed by atoms with van der Waals surface area (Å²) in [6.07, 6.45) is 18.6. The first-order chi connectivity index (χ1) is 29.3. The van der Waals surface area contributed by atoms with Crippen LogP contribution in [0.5, 0.6) is 11.5 Å². The summed E-state index contributed by atoms with van der Waals surface area (Å²) in [5, 5.41) is 0. The summed E-state index contributed by atoms with van der Waals surface area (Å²) in [6.45, 7) is 10.5. The van der Waals surface area contributed by atoms with Gasteiger partial charge in [0.05, 0.1) is 54.6 Å². The van der Waals surface area contributed by atoms with Crippen LogP contribution in [0.25, 0.3) is 0 Å². The van der Waals surface area contributed by atoms with Gasteiger partial charge >= 0.3 is 0 Å². The molecule has 4 aromatic rings. The lowest BCUT2D eigenvalue weighted by atomic mass is 9.97. The lowest BCUT2D eigenvalue weighted by Gasteiger charge is -2.38. The fraction of sp³-hybridized carbons (Fsp3) is 0.556. The second-order valence-corrected chi connectivity index (χ2v) is 17.5. The van der Waals surface area contributed by atoms with Crippen LogP contribution in [-0.2, 0) is 9.47 Å². The second kappa shape index (κ2) is 35.3. The zero-order chi connectivity index (χ0) is 43.0. The highest BCUT2D eigenvalue weighted by atomic mass is 35.5. The number of para-hydroxylation sites is 2. The summed E-state index contributed by atoms with van der Waals surface area (Å²) >= 11 is 0. The van der Waals surface area contributed by atoms with Crippen LogP contribution in [0, 0.1) is 0 Å². The van der Waals surface area contributed by atoms with E-state index in [1.54, 1.807) is 0 Å². The highest BCUT2D eigenvalue weighted by molar-refractivity contribution is 5.22. The molecule has 0 spiro atoms. The molecule has 0 heterocycles. The molecule has 6 nitrogen and oxygen atoms in total. The molecule has 0 bridgehead atoms. The van der Waals surface area contributed by atoms with Crippen molar-refractivity contribution in [3.8, 4) is 11.5 Å². The molecule has 8 heteroatoms. The van der Waals surface area contributed by atoms with Crippen LogP contribution in [0.3, 0.4) is 0 Å². The van der Waals surface area contributed by atoms with E-state index in [2.05, 4.69) is 103 Å². The number of ether oxygens (including phenoxy) is 4. The number of quaternary nitrogens is 2. The fourth-order valence-electron chi connectivity index (χ4n) is 8.01. The van der Waals surface area contributed by atoms with E-state index in [-0.39, 0.29) is 24.8 Å². The van der Waals surface area contributed by atoms with E-state index in [9.17, 15) is 0 Å². The van der Waals surface area contributed by atoms with Gasteiger partial charge in [-0.05, 0) is 37.1 Å². The van der Waals surface area contributed by atoms with Gasteiger partial charge in [-0.3, -0.25) is 0 Å². The molecule has 62 heavy (non-hydrogen) atoms. The van der Waals surface area contributed by atoms with Crippen molar-refractivity contribution < 1.29 is 52.7 Å². The van der Waals surface area contributed by atoms with Gasteiger partial charge in [-0.1, -0.05) is 175 Å². The molecule has 0 aromatic heterocycles. The van der Waals surface area contributed by atoms with E-state index in [1.807, 2.05) is 60.7 Å². The molecule has 2 atom stereocenters. The van der Waals surface area contributed by atoms with Crippen molar-refractivity contribution in [3.05, 3.63) is 132 Å². The molecule has 0 aliphatic heterocycles. The van der Waals surface area contributed by atoms with Gasteiger partial charge in [0.2, 0.25) is 0 Å². The van der Waals surface area contributed by atoms with Crippen molar-refractivity contribution in [2.45, 2.75) is 116 Å². The number of rotatable bonds is 32. The zero-order valence-corrected chi connectivity index (χ0v) is 41.1. The average Bonchev–Trinajstić information content (AvgIpc) is 3.27. The Morgan fingerprint density at radius 3 is 1.02 bits per heavy atom.